The van der Waals surface area contributed by atoms with Gasteiger partial charge < -0.3 is 0 Å². The first-order chi connectivity index (χ1) is 12.3. The molecule has 3 aromatic heterocycles. The van der Waals surface area contributed by atoms with E-state index in [1.807, 2.05) is 37.3 Å². The fraction of sp³-hybridized carbons (Fsp3) is 0.111. The molecule has 4 rings (SSSR count). The predicted octanol–water partition coefficient (Wildman–Crippen LogP) is 3.80. The van der Waals surface area contributed by atoms with Gasteiger partial charge in [0.2, 0.25) is 0 Å². The van der Waals surface area contributed by atoms with Crippen molar-refractivity contribution in [3.63, 3.8) is 0 Å². The second kappa shape index (κ2) is 6.56. The lowest BCUT2D eigenvalue weighted by molar-refractivity contribution is 0.893. The monoisotopic (exact) mass is 329 g/mol. The van der Waals surface area contributed by atoms with Crippen LogP contribution in [0.3, 0.4) is 0 Å². The number of pyridine rings is 1. The van der Waals surface area contributed by atoms with Crippen molar-refractivity contribution in [2.24, 2.45) is 10.2 Å². The maximum Gasteiger partial charge on any atom is 0.188 e. The van der Waals surface area contributed by atoms with Crippen LogP contribution in [0.15, 0.2) is 71.5 Å². The van der Waals surface area contributed by atoms with Crippen molar-refractivity contribution in [3.8, 4) is 5.69 Å². The zero-order valence-electron chi connectivity index (χ0n) is 13.6. The molecule has 122 valence electrons. The molecule has 0 N–H and O–H groups in total. The highest BCUT2D eigenvalue weighted by molar-refractivity contribution is 5.85. The molecule has 25 heavy (non-hydrogen) atoms. The van der Waals surface area contributed by atoms with Crippen LogP contribution >= 0.6 is 0 Å². The minimum Gasteiger partial charge on any atom is -0.265 e. The molecule has 1 aromatic carbocycles. The molecule has 0 bridgehead atoms. The quantitative estimate of drug-likeness (QED) is 0.533. The zero-order valence-corrected chi connectivity index (χ0v) is 13.6. The van der Waals surface area contributed by atoms with Gasteiger partial charge in [0.1, 0.15) is 6.33 Å². The van der Waals surface area contributed by atoms with Gasteiger partial charge in [-0.25, -0.2) is 14.6 Å². The summed E-state index contributed by atoms with van der Waals surface area (Å²) >= 11 is 0. The van der Waals surface area contributed by atoms with Crippen molar-refractivity contribution in [2.75, 3.05) is 0 Å². The standard InChI is InChI=1S/C18H15N7/c1-13-3-2-4-15(9-13)25-18-16(11-23-25)17(20-12-21-18)24-22-10-14-5-7-19-8-6-14/h2-9,11-12H,10H2,1H3. The lowest BCUT2D eigenvalue weighted by Gasteiger charge is -2.03. The van der Waals surface area contributed by atoms with Crippen LogP contribution in [0.5, 0.6) is 0 Å². The Morgan fingerprint density at radius 1 is 1.08 bits per heavy atom. The molecule has 0 saturated carbocycles. The smallest absolute Gasteiger partial charge is 0.188 e. The van der Waals surface area contributed by atoms with Gasteiger partial charge in [-0.05, 0) is 42.3 Å². The van der Waals surface area contributed by atoms with Crippen LogP contribution in [0.4, 0.5) is 5.82 Å². The maximum atomic E-state index is 4.44. The molecule has 7 heteroatoms. The van der Waals surface area contributed by atoms with Crippen molar-refractivity contribution in [3.05, 3.63) is 72.4 Å². The molecule has 0 spiro atoms. The Morgan fingerprint density at radius 2 is 1.96 bits per heavy atom. The second-order valence-electron chi connectivity index (χ2n) is 5.58. The van der Waals surface area contributed by atoms with Gasteiger partial charge in [-0.15, -0.1) is 5.11 Å². The Hall–Kier alpha value is -3.48. The Labute approximate surface area is 144 Å². The Kier molecular flexibility index (Phi) is 3.96. The Bertz CT molecular complexity index is 1040. The van der Waals surface area contributed by atoms with Crippen LogP contribution in [0, 0.1) is 6.92 Å². The van der Waals surface area contributed by atoms with E-state index in [1.54, 1.807) is 23.3 Å². The van der Waals surface area contributed by atoms with E-state index >= 15 is 0 Å². The lowest BCUT2D eigenvalue weighted by Crippen LogP contribution is -1.97. The highest BCUT2D eigenvalue weighted by Crippen LogP contribution is 2.24. The third-order valence-corrected chi connectivity index (χ3v) is 3.76. The number of hydrogen-bond acceptors (Lipinski definition) is 6. The van der Waals surface area contributed by atoms with E-state index in [4.69, 9.17) is 0 Å². The van der Waals surface area contributed by atoms with E-state index in [2.05, 4.69) is 36.3 Å². The zero-order chi connectivity index (χ0) is 17.1. The first-order valence-electron chi connectivity index (χ1n) is 7.83. The minimum atomic E-state index is 0.472. The first-order valence-corrected chi connectivity index (χ1v) is 7.83. The summed E-state index contributed by atoms with van der Waals surface area (Å²) in [5.74, 6) is 0.512. The highest BCUT2D eigenvalue weighted by atomic mass is 15.3. The summed E-state index contributed by atoms with van der Waals surface area (Å²) in [6.45, 7) is 2.52. The van der Waals surface area contributed by atoms with E-state index in [0.29, 0.717) is 18.0 Å². The summed E-state index contributed by atoms with van der Waals surface area (Å²) < 4.78 is 1.78. The molecule has 0 aliphatic heterocycles. The SMILES string of the molecule is Cc1cccc(-n2ncc3c(N=NCc4ccncc4)ncnc32)c1. The Balaban J connectivity index is 1.67. The number of nitrogens with zero attached hydrogens (tertiary/aromatic N) is 7. The van der Waals surface area contributed by atoms with E-state index < -0.39 is 0 Å². The fourth-order valence-corrected chi connectivity index (χ4v) is 2.53. The third-order valence-electron chi connectivity index (χ3n) is 3.76. The van der Waals surface area contributed by atoms with Crippen molar-refractivity contribution < 1.29 is 0 Å². The van der Waals surface area contributed by atoms with Crippen molar-refractivity contribution >= 4 is 16.9 Å². The molecule has 0 saturated heterocycles. The van der Waals surface area contributed by atoms with Gasteiger partial charge in [-0.1, -0.05) is 12.1 Å². The second-order valence-corrected chi connectivity index (χ2v) is 5.58. The van der Waals surface area contributed by atoms with Gasteiger partial charge in [0.25, 0.3) is 0 Å². The van der Waals surface area contributed by atoms with E-state index in [9.17, 15) is 0 Å². The van der Waals surface area contributed by atoms with Gasteiger partial charge in [0.15, 0.2) is 11.5 Å². The van der Waals surface area contributed by atoms with Crippen LogP contribution in [0.2, 0.25) is 0 Å². The van der Waals surface area contributed by atoms with E-state index in [1.165, 1.54) is 6.33 Å². The van der Waals surface area contributed by atoms with E-state index in [-0.39, 0.29) is 0 Å². The Morgan fingerprint density at radius 3 is 2.80 bits per heavy atom. The number of benzene rings is 1. The summed E-state index contributed by atoms with van der Waals surface area (Å²) in [4.78, 5) is 12.6. The summed E-state index contributed by atoms with van der Waals surface area (Å²) in [6.07, 6.45) is 6.68. The van der Waals surface area contributed by atoms with Gasteiger partial charge in [-0.2, -0.15) is 10.2 Å². The largest absolute Gasteiger partial charge is 0.265 e. The van der Waals surface area contributed by atoms with Crippen molar-refractivity contribution in [2.45, 2.75) is 13.5 Å². The highest BCUT2D eigenvalue weighted by Gasteiger charge is 2.10. The van der Waals surface area contributed by atoms with Crippen LogP contribution < -0.4 is 0 Å². The third kappa shape index (κ3) is 3.12. The molecule has 0 aliphatic carbocycles. The van der Waals surface area contributed by atoms with Crippen molar-refractivity contribution in [1.29, 1.82) is 0 Å². The minimum absolute atomic E-state index is 0.472. The maximum absolute atomic E-state index is 4.44. The lowest BCUT2D eigenvalue weighted by atomic mass is 10.2. The predicted molar refractivity (Wildman–Crippen MR) is 93.9 cm³/mol. The number of fused-ring (bicyclic) bond motifs is 1. The topological polar surface area (TPSA) is 81.2 Å². The van der Waals surface area contributed by atoms with Gasteiger partial charge in [0.05, 0.1) is 23.8 Å². The number of hydrogen-bond donors (Lipinski definition) is 0. The van der Waals surface area contributed by atoms with Crippen molar-refractivity contribution in [1.82, 2.24) is 24.7 Å². The molecule has 0 fully saturated rings. The number of aromatic nitrogens is 5. The normalized spacial score (nSPS) is 11.4. The summed E-state index contributed by atoms with van der Waals surface area (Å²) in [5.41, 5.74) is 3.86. The molecule has 4 aromatic rings. The molecular weight excluding hydrogens is 314 g/mol. The van der Waals surface area contributed by atoms with Crippen LogP contribution in [0.1, 0.15) is 11.1 Å². The molecule has 0 unspecified atom stereocenters. The summed E-state index contributed by atoms with van der Waals surface area (Å²) in [7, 11) is 0. The first kappa shape index (κ1) is 15.1. The molecule has 7 nitrogen and oxygen atoms in total. The van der Waals surface area contributed by atoms with Crippen LogP contribution in [-0.4, -0.2) is 24.7 Å². The average Bonchev–Trinajstić information content (AvgIpc) is 3.08. The van der Waals surface area contributed by atoms with Gasteiger partial charge in [-0.3, -0.25) is 4.98 Å². The molecule has 0 aliphatic rings. The van der Waals surface area contributed by atoms with Gasteiger partial charge in [0, 0.05) is 12.4 Å². The van der Waals surface area contributed by atoms with E-state index in [0.717, 1.165) is 22.2 Å². The molecule has 0 radical (unpaired) electrons. The molecule has 0 atom stereocenters. The van der Waals surface area contributed by atoms with Crippen LogP contribution in [0.25, 0.3) is 16.7 Å². The molecule has 3 heterocycles. The average molecular weight is 329 g/mol. The number of azo groups is 1. The molecular formula is C18H15N7. The number of aryl methyl sites for hydroxylation is 1. The molecule has 0 amide bonds. The fourth-order valence-electron chi connectivity index (χ4n) is 2.53. The summed E-state index contributed by atoms with van der Waals surface area (Å²) in [6, 6.07) is 11.9. The van der Waals surface area contributed by atoms with Gasteiger partial charge >= 0.3 is 0 Å². The van der Waals surface area contributed by atoms with Crippen LogP contribution in [-0.2, 0) is 6.54 Å². The summed E-state index contributed by atoms with van der Waals surface area (Å²) in [5, 5.41) is 13.7. The number of rotatable bonds is 4.